The van der Waals surface area contributed by atoms with E-state index in [-0.39, 0.29) is 11.8 Å². The van der Waals surface area contributed by atoms with Crippen LogP contribution in [-0.4, -0.2) is 9.55 Å². The molecular formula is C15H10BrFN4. The number of nitrogens with two attached hydrogens (primary N) is 1. The van der Waals surface area contributed by atoms with E-state index in [0.29, 0.717) is 21.9 Å². The maximum atomic E-state index is 13.6. The number of hydrogen-bond acceptors (Lipinski definition) is 3. The van der Waals surface area contributed by atoms with E-state index in [1.807, 2.05) is 24.3 Å². The number of anilines is 1. The first-order valence-corrected chi connectivity index (χ1v) is 6.98. The number of aromatic nitrogens is 2. The second-order valence-electron chi connectivity index (χ2n) is 4.56. The molecule has 0 aliphatic heterocycles. The summed E-state index contributed by atoms with van der Waals surface area (Å²) in [6, 6.07) is 12.5. The predicted octanol–water partition coefficient (Wildman–Crippen LogP) is 3.58. The van der Waals surface area contributed by atoms with Crippen LogP contribution in [0.3, 0.4) is 0 Å². The molecule has 104 valence electrons. The SMILES string of the molecule is N#CCc1ccc(-n2c(N)nc3cc(F)c(Br)cc32)cc1. The van der Waals surface area contributed by atoms with Crippen LogP contribution in [-0.2, 0) is 6.42 Å². The van der Waals surface area contributed by atoms with Crippen molar-refractivity contribution in [1.82, 2.24) is 9.55 Å². The van der Waals surface area contributed by atoms with Crippen molar-refractivity contribution >= 4 is 32.9 Å². The molecule has 1 aromatic heterocycles. The zero-order valence-corrected chi connectivity index (χ0v) is 12.4. The summed E-state index contributed by atoms with van der Waals surface area (Å²) < 4.78 is 15.7. The summed E-state index contributed by atoms with van der Waals surface area (Å²) in [6.07, 6.45) is 0.358. The molecule has 0 spiro atoms. The summed E-state index contributed by atoms with van der Waals surface area (Å²) in [5, 5.41) is 8.69. The molecule has 0 bridgehead atoms. The maximum Gasteiger partial charge on any atom is 0.205 e. The van der Waals surface area contributed by atoms with Gasteiger partial charge < -0.3 is 5.73 Å². The lowest BCUT2D eigenvalue weighted by Gasteiger charge is -2.07. The van der Waals surface area contributed by atoms with Crippen molar-refractivity contribution in [2.24, 2.45) is 0 Å². The molecule has 1 heterocycles. The summed E-state index contributed by atoms with van der Waals surface area (Å²) in [4.78, 5) is 4.18. The Hall–Kier alpha value is -2.39. The molecule has 0 saturated heterocycles. The van der Waals surface area contributed by atoms with Gasteiger partial charge in [-0.2, -0.15) is 5.26 Å². The van der Waals surface area contributed by atoms with Crippen LogP contribution >= 0.6 is 15.9 Å². The second kappa shape index (κ2) is 5.19. The van der Waals surface area contributed by atoms with E-state index in [0.717, 1.165) is 11.3 Å². The van der Waals surface area contributed by atoms with E-state index in [2.05, 4.69) is 27.0 Å². The minimum absolute atomic E-state index is 0.288. The van der Waals surface area contributed by atoms with Gasteiger partial charge in [-0.3, -0.25) is 4.57 Å². The van der Waals surface area contributed by atoms with Crippen molar-refractivity contribution in [2.45, 2.75) is 6.42 Å². The topological polar surface area (TPSA) is 67.6 Å². The number of rotatable bonds is 2. The van der Waals surface area contributed by atoms with Crippen LogP contribution in [0.4, 0.5) is 10.3 Å². The van der Waals surface area contributed by atoms with Gasteiger partial charge in [0.25, 0.3) is 0 Å². The Morgan fingerprint density at radius 2 is 2.00 bits per heavy atom. The maximum absolute atomic E-state index is 13.6. The van der Waals surface area contributed by atoms with Gasteiger partial charge in [-0.15, -0.1) is 0 Å². The average molecular weight is 345 g/mol. The summed E-state index contributed by atoms with van der Waals surface area (Å²) in [5.41, 5.74) is 8.90. The summed E-state index contributed by atoms with van der Waals surface area (Å²) in [6.45, 7) is 0. The van der Waals surface area contributed by atoms with Crippen LogP contribution in [0, 0.1) is 17.1 Å². The van der Waals surface area contributed by atoms with E-state index < -0.39 is 0 Å². The lowest BCUT2D eigenvalue weighted by Crippen LogP contribution is -2.00. The summed E-state index contributed by atoms with van der Waals surface area (Å²) in [7, 11) is 0. The number of fused-ring (bicyclic) bond motifs is 1. The van der Waals surface area contributed by atoms with E-state index in [4.69, 9.17) is 11.0 Å². The highest BCUT2D eigenvalue weighted by atomic mass is 79.9. The third-order valence-electron chi connectivity index (χ3n) is 3.20. The van der Waals surface area contributed by atoms with Crippen LogP contribution in [0.25, 0.3) is 16.7 Å². The normalized spacial score (nSPS) is 10.7. The monoisotopic (exact) mass is 344 g/mol. The molecule has 0 fully saturated rings. The number of nitrogens with zero attached hydrogens (tertiary/aromatic N) is 3. The average Bonchev–Trinajstić information content (AvgIpc) is 2.76. The quantitative estimate of drug-likeness (QED) is 0.772. The van der Waals surface area contributed by atoms with Crippen molar-refractivity contribution in [3.63, 3.8) is 0 Å². The fourth-order valence-corrected chi connectivity index (χ4v) is 2.55. The van der Waals surface area contributed by atoms with E-state index >= 15 is 0 Å². The molecule has 0 saturated carbocycles. The molecule has 21 heavy (non-hydrogen) atoms. The number of hydrogen-bond donors (Lipinski definition) is 1. The van der Waals surface area contributed by atoms with Gasteiger partial charge in [-0.05, 0) is 39.7 Å². The Bertz CT molecular complexity index is 862. The minimum atomic E-state index is -0.378. The van der Waals surface area contributed by atoms with E-state index in [1.54, 1.807) is 10.6 Å². The highest BCUT2D eigenvalue weighted by Gasteiger charge is 2.13. The summed E-state index contributed by atoms with van der Waals surface area (Å²) >= 11 is 3.17. The first kappa shape index (κ1) is 13.6. The number of benzene rings is 2. The fraction of sp³-hybridized carbons (Fsp3) is 0.0667. The molecule has 6 heteroatoms. The highest BCUT2D eigenvalue weighted by Crippen LogP contribution is 2.28. The second-order valence-corrected chi connectivity index (χ2v) is 5.42. The first-order chi connectivity index (χ1) is 10.1. The zero-order chi connectivity index (χ0) is 15.0. The van der Waals surface area contributed by atoms with E-state index in [9.17, 15) is 4.39 Å². The Balaban J connectivity index is 2.17. The molecular weight excluding hydrogens is 335 g/mol. The molecule has 4 nitrogen and oxygen atoms in total. The third-order valence-corrected chi connectivity index (χ3v) is 3.81. The van der Waals surface area contributed by atoms with Crippen molar-refractivity contribution < 1.29 is 4.39 Å². The Morgan fingerprint density at radius 3 is 2.67 bits per heavy atom. The molecule has 0 amide bonds. The van der Waals surface area contributed by atoms with Crippen LogP contribution in [0.5, 0.6) is 0 Å². The van der Waals surface area contributed by atoms with E-state index in [1.165, 1.54) is 6.07 Å². The van der Waals surface area contributed by atoms with Gasteiger partial charge in [-0.1, -0.05) is 12.1 Å². The summed E-state index contributed by atoms with van der Waals surface area (Å²) in [5.74, 6) is -0.0907. The van der Waals surface area contributed by atoms with Gasteiger partial charge in [0.2, 0.25) is 5.95 Å². The predicted molar refractivity (Wildman–Crippen MR) is 82.5 cm³/mol. The number of nitrogen functional groups attached to an aromatic ring is 1. The lowest BCUT2D eigenvalue weighted by atomic mass is 10.1. The third kappa shape index (κ3) is 2.36. The van der Waals surface area contributed by atoms with Crippen LogP contribution < -0.4 is 5.73 Å². The van der Waals surface area contributed by atoms with Crippen LogP contribution in [0.1, 0.15) is 5.56 Å². The molecule has 2 aromatic carbocycles. The van der Waals surface area contributed by atoms with Crippen LogP contribution in [0.15, 0.2) is 40.9 Å². The minimum Gasteiger partial charge on any atom is -0.369 e. The van der Waals surface area contributed by atoms with Crippen molar-refractivity contribution in [2.75, 3.05) is 5.73 Å². The van der Waals surface area contributed by atoms with Gasteiger partial charge in [0.1, 0.15) is 5.82 Å². The Labute approximate surface area is 128 Å². The van der Waals surface area contributed by atoms with Gasteiger partial charge in [0.15, 0.2) is 0 Å². The largest absolute Gasteiger partial charge is 0.369 e. The highest BCUT2D eigenvalue weighted by molar-refractivity contribution is 9.10. The number of imidazole rings is 1. The van der Waals surface area contributed by atoms with Crippen molar-refractivity contribution in [3.8, 4) is 11.8 Å². The lowest BCUT2D eigenvalue weighted by molar-refractivity contribution is 0.623. The number of halogens is 2. The first-order valence-electron chi connectivity index (χ1n) is 6.19. The number of nitriles is 1. The van der Waals surface area contributed by atoms with Crippen LogP contribution in [0.2, 0.25) is 0 Å². The van der Waals surface area contributed by atoms with Gasteiger partial charge in [-0.25, -0.2) is 9.37 Å². The zero-order valence-electron chi connectivity index (χ0n) is 10.8. The molecule has 0 unspecified atom stereocenters. The Morgan fingerprint density at radius 1 is 1.29 bits per heavy atom. The molecule has 3 aromatic rings. The smallest absolute Gasteiger partial charge is 0.205 e. The molecule has 0 atom stereocenters. The Kier molecular flexibility index (Phi) is 3.35. The molecule has 3 rings (SSSR count). The van der Waals surface area contributed by atoms with Gasteiger partial charge in [0, 0.05) is 11.8 Å². The van der Waals surface area contributed by atoms with Crippen molar-refractivity contribution in [1.29, 1.82) is 5.26 Å². The standard InChI is InChI=1S/C15H10BrFN4/c16-11-7-14-13(8-12(11)17)20-15(19)21(14)10-3-1-9(2-4-10)5-6-18/h1-4,7-8H,5H2,(H2,19,20). The van der Waals surface area contributed by atoms with Gasteiger partial charge in [0.05, 0.1) is 28.0 Å². The molecule has 0 radical (unpaired) electrons. The molecule has 2 N–H and O–H groups in total. The van der Waals surface area contributed by atoms with Gasteiger partial charge >= 0.3 is 0 Å². The van der Waals surface area contributed by atoms with Crippen molar-refractivity contribution in [3.05, 3.63) is 52.3 Å². The fourth-order valence-electron chi connectivity index (χ4n) is 2.22. The molecule has 0 aliphatic carbocycles. The molecule has 0 aliphatic rings.